The maximum Gasteiger partial charge on any atom is 0.416 e. The number of benzene rings is 1. The Bertz CT molecular complexity index is 870. The summed E-state index contributed by atoms with van der Waals surface area (Å²) >= 11 is 0. The van der Waals surface area contributed by atoms with Crippen LogP contribution in [0.4, 0.5) is 13.2 Å². The number of alkyl halides is 3. The van der Waals surface area contributed by atoms with Crippen LogP contribution in [0.2, 0.25) is 0 Å². The lowest BCUT2D eigenvalue weighted by atomic mass is 10.1. The molecule has 0 amide bonds. The first-order valence-electron chi connectivity index (χ1n) is 6.65. The van der Waals surface area contributed by atoms with Crippen molar-refractivity contribution in [3.05, 3.63) is 74.9 Å². The molecule has 2 aromatic rings. The van der Waals surface area contributed by atoms with Gasteiger partial charge in [0.25, 0.3) is 0 Å². The van der Waals surface area contributed by atoms with Gasteiger partial charge in [0, 0.05) is 0 Å². The van der Waals surface area contributed by atoms with Crippen molar-refractivity contribution in [3.63, 3.8) is 0 Å². The van der Waals surface area contributed by atoms with Crippen LogP contribution in [-0.4, -0.2) is 16.2 Å². The minimum Gasteiger partial charge on any atom is -0.504 e. The number of rotatable bonds is 3. The molecule has 2 N–H and O–H groups in total. The molecule has 0 aliphatic carbocycles. The first kappa shape index (κ1) is 17.3. The molecular formula is C17H11F3O4. The molecule has 4 nitrogen and oxygen atoms in total. The van der Waals surface area contributed by atoms with Crippen molar-refractivity contribution < 1.29 is 28.2 Å². The predicted octanol–water partition coefficient (Wildman–Crippen LogP) is 3.64. The van der Waals surface area contributed by atoms with Gasteiger partial charge in [-0.15, -0.1) is 0 Å². The normalized spacial score (nSPS) is 11.6. The third kappa shape index (κ3) is 3.81. The maximum atomic E-state index is 12.7. The largest absolute Gasteiger partial charge is 0.504 e. The quantitative estimate of drug-likeness (QED) is 0.897. The molecule has 0 atom stereocenters. The van der Waals surface area contributed by atoms with Crippen LogP contribution in [0.15, 0.2) is 47.3 Å². The molecule has 24 heavy (non-hydrogen) atoms. The molecule has 0 bridgehead atoms. The Morgan fingerprint density at radius 3 is 2.33 bits per heavy atom. The number of hydrogen-bond donors (Lipinski definition) is 2. The Hall–Kier alpha value is -3.09. The summed E-state index contributed by atoms with van der Waals surface area (Å²) in [5.41, 5.74) is -2.15. The van der Waals surface area contributed by atoms with Gasteiger partial charge in [0.2, 0.25) is 5.43 Å². The average molecular weight is 336 g/mol. The highest BCUT2D eigenvalue weighted by atomic mass is 19.4. The number of aromatic hydroxyl groups is 1. The van der Waals surface area contributed by atoms with Crippen LogP contribution in [-0.2, 0) is 6.18 Å². The second-order valence-electron chi connectivity index (χ2n) is 4.83. The van der Waals surface area contributed by atoms with Crippen LogP contribution in [0.1, 0.15) is 27.0 Å². The van der Waals surface area contributed by atoms with E-state index in [0.717, 1.165) is 18.2 Å². The van der Waals surface area contributed by atoms with Crippen molar-refractivity contribution >= 4 is 18.1 Å². The summed E-state index contributed by atoms with van der Waals surface area (Å²) in [5.74, 6) is -2.46. The Morgan fingerprint density at radius 2 is 1.71 bits per heavy atom. The fraction of sp³-hybridized carbons (Fsp3) is 0.0588. The summed E-state index contributed by atoms with van der Waals surface area (Å²) in [6.07, 6.45) is -2.01. The third-order valence-electron chi connectivity index (χ3n) is 3.17. The molecule has 0 unspecified atom stereocenters. The van der Waals surface area contributed by atoms with Gasteiger partial charge in [-0.2, -0.15) is 13.2 Å². The van der Waals surface area contributed by atoms with Crippen molar-refractivity contribution in [2.75, 3.05) is 0 Å². The predicted molar refractivity (Wildman–Crippen MR) is 81.7 cm³/mol. The van der Waals surface area contributed by atoms with Crippen molar-refractivity contribution in [2.24, 2.45) is 0 Å². The van der Waals surface area contributed by atoms with Gasteiger partial charge in [0.05, 0.1) is 5.56 Å². The molecule has 2 rings (SSSR count). The lowest BCUT2D eigenvalue weighted by Gasteiger charge is -2.06. The molecule has 0 saturated carbocycles. The minimum atomic E-state index is -4.50. The molecule has 0 radical (unpaired) electrons. The summed E-state index contributed by atoms with van der Waals surface area (Å²) in [4.78, 5) is 22.7. The molecule has 124 valence electrons. The van der Waals surface area contributed by atoms with Gasteiger partial charge in [0.1, 0.15) is 5.56 Å². The fourth-order valence-corrected chi connectivity index (χ4v) is 2.03. The summed E-state index contributed by atoms with van der Waals surface area (Å²) in [7, 11) is 0. The van der Waals surface area contributed by atoms with Gasteiger partial charge in [-0.25, -0.2) is 4.79 Å². The van der Waals surface area contributed by atoms with E-state index in [-0.39, 0.29) is 11.1 Å². The number of aromatic carboxylic acids is 1. The van der Waals surface area contributed by atoms with Crippen molar-refractivity contribution in [3.8, 4) is 5.75 Å². The summed E-state index contributed by atoms with van der Waals surface area (Å²) in [6.45, 7) is 0. The number of carboxylic acid groups (broad SMARTS) is 1. The monoisotopic (exact) mass is 336 g/mol. The SMILES string of the molecule is O=C(O)c1c(C=Cc2cccc(C(F)(F)F)c2)cccc(=O)c1O. The Kier molecular flexibility index (Phi) is 4.73. The summed E-state index contributed by atoms with van der Waals surface area (Å²) in [5, 5.41) is 18.8. The van der Waals surface area contributed by atoms with Crippen molar-refractivity contribution in [2.45, 2.75) is 6.18 Å². The van der Waals surface area contributed by atoms with Gasteiger partial charge in [0.15, 0.2) is 5.75 Å². The number of halogens is 3. The summed E-state index contributed by atoms with van der Waals surface area (Å²) < 4.78 is 38.0. The molecule has 0 aromatic heterocycles. The molecule has 7 heteroatoms. The molecule has 0 heterocycles. The fourth-order valence-electron chi connectivity index (χ4n) is 2.03. The van der Waals surface area contributed by atoms with E-state index >= 15 is 0 Å². The zero-order chi connectivity index (χ0) is 17.9. The van der Waals surface area contributed by atoms with E-state index in [9.17, 15) is 27.9 Å². The highest BCUT2D eigenvalue weighted by molar-refractivity contribution is 5.96. The first-order chi connectivity index (χ1) is 11.2. The highest BCUT2D eigenvalue weighted by Gasteiger charge is 2.30. The van der Waals surface area contributed by atoms with Crippen LogP contribution in [0, 0.1) is 0 Å². The topological polar surface area (TPSA) is 74.6 Å². The second-order valence-corrected chi connectivity index (χ2v) is 4.83. The maximum absolute atomic E-state index is 12.7. The first-order valence-corrected chi connectivity index (χ1v) is 6.65. The van der Waals surface area contributed by atoms with Crippen LogP contribution < -0.4 is 5.43 Å². The molecule has 0 aliphatic heterocycles. The van der Waals surface area contributed by atoms with Gasteiger partial charge >= 0.3 is 12.1 Å². The van der Waals surface area contributed by atoms with Gasteiger partial charge in [-0.3, -0.25) is 4.79 Å². The van der Waals surface area contributed by atoms with Crippen molar-refractivity contribution in [1.82, 2.24) is 0 Å². The smallest absolute Gasteiger partial charge is 0.416 e. The lowest BCUT2D eigenvalue weighted by Crippen LogP contribution is -2.04. The van der Waals surface area contributed by atoms with Crippen molar-refractivity contribution in [1.29, 1.82) is 0 Å². The van der Waals surface area contributed by atoms with Gasteiger partial charge in [-0.1, -0.05) is 36.4 Å². The summed E-state index contributed by atoms with van der Waals surface area (Å²) in [6, 6.07) is 7.96. The zero-order valence-corrected chi connectivity index (χ0v) is 12.0. The number of carbonyl (C=O) groups is 1. The average Bonchev–Trinajstić information content (AvgIpc) is 2.64. The van der Waals surface area contributed by atoms with Crippen LogP contribution in [0.5, 0.6) is 5.75 Å². The molecule has 2 aromatic carbocycles. The lowest BCUT2D eigenvalue weighted by molar-refractivity contribution is -0.137. The van der Waals surface area contributed by atoms with E-state index in [1.54, 1.807) is 0 Å². The Balaban J connectivity index is 2.51. The second kappa shape index (κ2) is 6.57. The van der Waals surface area contributed by atoms with E-state index in [2.05, 4.69) is 0 Å². The van der Waals surface area contributed by atoms with E-state index < -0.39 is 34.5 Å². The van der Waals surface area contributed by atoms with Crippen LogP contribution >= 0.6 is 0 Å². The van der Waals surface area contributed by atoms with Crippen LogP contribution in [0.25, 0.3) is 12.2 Å². The third-order valence-corrected chi connectivity index (χ3v) is 3.17. The minimum absolute atomic E-state index is 0.0143. The standard InChI is InChI=1S/C17H11F3O4/c18-17(19,20)12-5-1-3-10(9-12)7-8-11-4-2-6-13(21)15(22)14(11)16(23)24/h1-9H,(H,21,22)(H,23,24). The van der Waals surface area contributed by atoms with Gasteiger partial charge < -0.3 is 10.2 Å². The zero-order valence-electron chi connectivity index (χ0n) is 12.0. The van der Waals surface area contributed by atoms with Gasteiger partial charge in [-0.05, 0) is 29.3 Å². The van der Waals surface area contributed by atoms with Crippen LogP contribution in [0.3, 0.4) is 0 Å². The Labute approximate surface area is 134 Å². The van der Waals surface area contributed by atoms with E-state index in [1.165, 1.54) is 36.4 Å². The van der Waals surface area contributed by atoms with E-state index in [1.807, 2.05) is 0 Å². The number of carboxylic acids is 1. The van der Waals surface area contributed by atoms with E-state index in [0.29, 0.717) is 0 Å². The molecule has 0 saturated heterocycles. The Morgan fingerprint density at radius 1 is 1.04 bits per heavy atom. The van der Waals surface area contributed by atoms with E-state index in [4.69, 9.17) is 5.11 Å². The molecular weight excluding hydrogens is 325 g/mol. The molecule has 0 aliphatic rings. The molecule has 0 fully saturated rings. The highest BCUT2D eigenvalue weighted by Crippen LogP contribution is 2.30. The number of hydrogen-bond acceptors (Lipinski definition) is 3. The molecule has 0 spiro atoms.